The van der Waals surface area contributed by atoms with Crippen molar-refractivity contribution in [3.63, 3.8) is 0 Å². The van der Waals surface area contributed by atoms with E-state index in [0.29, 0.717) is 72.8 Å². The van der Waals surface area contributed by atoms with E-state index in [2.05, 4.69) is 26.3 Å². The van der Waals surface area contributed by atoms with Crippen molar-refractivity contribution >= 4 is 76.6 Å². The average Bonchev–Trinajstić information content (AvgIpc) is 1.85. The van der Waals surface area contributed by atoms with Crippen LogP contribution in [0.3, 0.4) is 0 Å². The number of nitrogens with one attached hydrogen (secondary N) is 4. The summed E-state index contributed by atoms with van der Waals surface area (Å²) in [7, 11) is 2.93. The Balaban J connectivity index is 0.818. The standard InChI is InChI=1S/C62H79N9O16/c1-36(2)53(67-59(80)61(4,5)35-87-62(6,7)22-23-63-50(72)21-26-70-51(73)19-20-52(70)74)55(76)65-37(3)54(75)66-39-17-15-38(16-18-39)34-86-60(81)71-45-32-49(47(83-9)30-42(45)57(78)69-25-11-14-44(69)58(71)79)85-28-12-27-84-48-31-43-41(29-46(48)82-8)56(77)68-24-10-13-40(68)33-64-43/h15-20,29-33,36-37,40,44,53,58,79H,10-14,21-28,34-35H2,1-9H3,(H,63,72)(H,65,76)(H,66,75)(H,67,80)/t37-,40-,44-,53-,58-/m0/s1. The number of anilines is 2. The molecule has 5 heterocycles. The van der Waals surface area contributed by atoms with Crippen molar-refractivity contribution in [3.8, 4) is 23.0 Å². The molecule has 5 aliphatic heterocycles. The van der Waals surface area contributed by atoms with Gasteiger partial charge in [0.1, 0.15) is 18.7 Å². The number of rotatable bonds is 26. The van der Waals surface area contributed by atoms with Gasteiger partial charge in [0.2, 0.25) is 23.6 Å². The third-order valence-corrected chi connectivity index (χ3v) is 15.9. The van der Waals surface area contributed by atoms with Gasteiger partial charge in [-0.05, 0) is 102 Å². The number of benzene rings is 3. The van der Waals surface area contributed by atoms with Crippen LogP contribution in [0.4, 0.5) is 21.9 Å². The lowest BCUT2D eigenvalue weighted by molar-refractivity contribution is -0.141. The molecule has 0 radical (unpaired) electrons. The predicted octanol–water partition coefficient (Wildman–Crippen LogP) is 5.18. The monoisotopic (exact) mass is 1210 g/mol. The maximum atomic E-state index is 14.2. The van der Waals surface area contributed by atoms with Gasteiger partial charge in [-0.2, -0.15) is 0 Å². The van der Waals surface area contributed by atoms with Crippen molar-refractivity contribution < 1.29 is 76.7 Å². The number of imide groups is 1. The van der Waals surface area contributed by atoms with E-state index in [4.69, 9.17) is 28.4 Å². The van der Waals surface area contributed by atoms with E-state index in [0.717, 1.165) is 34.8 Å². The molecule has 2 saturated heterocycles. The largest absolute Gasteiger partial charge is 0.493 e. The number of hydrogen-bond acceptors (Lipinski definition) is 17. The number of amides is 9. The zero-order valence-electron chi connectivity index (χ0n) is 50.7. The molecule has 8 rings (SSSR count). The predicted molar refractivity (Wildman–Crippen MR) is 318 cm³/mol. The molecule has 0 bridgehead atoms. The van der Waals surface area contributed by atoms with Crippen LogP contribution in [-0.2, 0) is 44.8 Å². The Morgan fingerprint density at radius 3 is 2.07 bits per heavy atom. The first-order chi connectivity index (χ1) is 41.4. The number of carbonyl (C=O) groups is 9. The molecule has 5 N–H and O–H groups in total. The lowest BCUT2D eigenvalue weighted by Gasteiger charge is -2.33. The summed E-state index contributed by atoms with van der Waals surface area (Å²) in [6.07, 6.45) is 5.22. The van der Waals surface area contributed by atoms with Crippen LogP contribution < -0.4 is 45.1 Å². The SMILES string of the molecule is COc1cc2c(cc1OCCCOc1cc3c(cc1OC)C(=O)N1CCC[C@H]1[C@H](O)N3C(=O)OCc1ccc(NC(=O)[C@H](C)NC(=O)[C@@H](NC(=O)C(C)(C)COC(C)(C)CCNC(=O)CCN3C(=O)C=CC3=O)C(C)C)cc1)N=C[C@@H]1CCCN1C2=O. The minimum atomic E-state index is -1.48. The summed E-state index contributed by atoms with van der Waals surface area (Å²) < 4.78 is 35.5. The van der Waals surface area contributed by atoms with Crippen molar-refractivity contribution in [3.05, 3.63) is 77.4 Å². The van der Waals surface area contributed by atoms with Crippen LogP contribution in [0.5, 0.6) is 23.0 Å². The number of fused-ring (bicyclic) bond motifs is 4. The average molecular weight is 1210 g/mol. The van der Waals surface area contributed by atoms with Crippen molar-refractivity contribution in [1.29, 1.82) is 0 Å². The van der Waals surface area contributed by atoms with Crippen LogP contribution in [0.15, 0.2) is 65.7 Å². The molecule has 87 heavy (non-hydrogen) atoms. The number of nitrogens with zero attached hydrogens (tertiary/aromatic N) is 5. The summed E-state index contributed by atoms with van der Waals surface area (Å²) in [6.45, 7) is 13.2. The van der Waals surface area contributed by atoms with Crippen molar-refractivity contribution in [2.75, 3.05) is 70.4 Å². The van der Waals surface area contributed by atoms with Gasteiger partial charge >= 0.3 is 6.09 Å². The number of methoxy groups -OCH3 is 2. The highest BCUT2D eigenvalue weighted by molar-refractivity contribution is 6.13. The van der Waals surface area contributed by atoms with Crippen LogP contribution in [0, 0.1) is 11.3 Å². The number of ether oxygens (including phenoxy) is 6. The Morgan fingerprint density at radius 2 is 1.40 bits per heavy atom. The van der Waals surface area contributed by atoms with E-state index in [1.807, 2.05) is 18.7 Å². The fraction of sp³-hybridized carbons (Fsp3) is 0.516. The third-order valence-electron chi connectivity index (χ3n) is 15.9. The second-order valence-corrected chi connectivity index (χ2v) is 23.7. The highest BCUT2D eigenvalue weighted by Crippen LogP contribution is 2.42. The summed E-state index contributed by atoms with van der Waals surface area (Å²) in [5, 5.41) is 22.9. The van der Waals surface area contributed by atoms with Gasteiger partial charge in [0.05, 0.1) is 79.6 Å². The molecule has 0 spiro atoms. The van der Waals surface area contributed by atoms with Gasteiger partial charge < -0.3 is 64.6 Å². The first kappa shape index (κ1) is 64.4. The van der Waals surface area contributed by atoms with Gasteiger partial charge in [-0.15, -0.1) is 0 Å². The highest BCUT2D eigenvalue weighted by Gasteiger charge is 2.46. The summed E-state index contributed by atoms with van der Waals surface area (Å²) >= 11 is 0. The lowest BCUT2D eigenvalue weighted by atomic mass is 9.91. The van der Waals surface area contributed by atoms with E-state index in [1.54, 1.807) is 75.2 Å². The van der Waals surface area contributed by atoms with Gasteiger partial charge in [-0.25, -0.2) is 9.69 Å². The molecule has 9 amide bonds. The second-order valence-electron chi connectivity index (χ2n) is 23.7. The molecule has 5 atom stereocenters. The fourth-order valence-corrected chi connectivity index (χ4v) is 10.6. The van der Waals surface area contributed by atoms with Crippen LogP contribution in [0.2, 0.25) is 0 Å². The number of aliphatic hydroxyl groups excluding tert-OH is 1. The van der Waals surface area contributed by atoms with Crippen LogP contribution in [-0.4, -0.2) is 176 Å². The summed E-state index contributed by atoms with van der Waals surface area (Å²) in [6, 6.07) is 9.91. The Bertz CT molecular complexity index is 3160. The quantitative estimate of drug-likeness (QED) is 0.0511. The zero-order chi connectivity index (χ0) is 62.9. The molecule has 25 heteroatoms. The number of carbonyl (C=O) groups excluding carboxylic acids is 9. The smallest absolute Gasteiger partial charge is 0.416 e. The molecule has 0 saturated carbocycles. The molecule has 2 fully saturated rings. The topological polar surface area (TPSA) is 303 Å². The molecule has 25 nitrogen and oxygen atoms in total. The molecular formula is C62H79N9O16. The molecule has 0 unspecified atom stereocenters. The molecule has 468 valence electrons. The Labute approximate surface area is 505 Å². The summed E-state index contributed by atoms with van der Waals surface area (Å²) in [5.41, 5.74) is 0.115. The van der Waals surface area contributed by atoms with Gasteiger partial charge in [0.15, 0.2) is 29.2 Å². The number of aliphatic imine (C=N–C) groups is 1. The summed E-state index contributed by atoms with van der Waals surface area (Å²) in [5.74, 6) is -2.51. The Kier molecular flexibility index (Phi) is 20.6. The third kappa shape index (κ3) is 15.3. The molecular weight excluding hydrogens is 1130 g/mol. The van der Waals surface area contributed by atoms with Crippen LogP contribution in [0.1, 0.15) is 120 Å². The number of hydrogen-bond donors (Lipinski definition) is 5. The zero-order valence-corrected chi connectivity index (χ0v) is 50.7. The van der Waals surface area contributed by atoms with Crippen LogP contribution in [0.25, 0.3) is 0 Å². The molecule has 3 aromatic carbocycles. The molecule has 0 aliphatic carbocycles. The van der Waals surface area contributed by atoms with Crippen molar-refractivity contribution in [2.24, 2.45) is 16.3 Å². The van der Waals surface area contributed by atoms with Gasteiger partial charge in [0.25, 0.3) is 23.6 Å². The second kappa shape index (κ2) is 27.8. The van der Waals surface area contributed by atoms with E-state index in [-0.39, 0.29) is 92.5 Å². The lowest BCUT2D eigenvalue weighted by Crippen LogP contribution is -2.56. The maximum Gasteiger partial charge on any atom is 0.416 e. The van der Waals surface area contributed by atoms with Gasteiger partial charge in [0, 0.05) is 75.2 Å². The fourth-order valence-electron chi connectivity index (χ4n) is 10.6. The number of aliphatic hydroxyl groups is 1. The normalized spacial score (nSPS) is 18.7. The van der Waals surface area contributed by atoms with Crippen molar-refractivity contribution in [2.45, 2.75) is 136 Å². The molecule has 0 aromatic heterocycles. The minimum absolute atomic E-state index is 0.0273. The first-order valence-corrected chi connectivity index (χ1v) is 29.4. The van der Waals surface area contributed by atoms with E-state index in [1.165, 1.54) is 33.3 Å². The first-order valence-electron chi connectivity index (χ1n) is 29.4. The van der Waals surface area contributed by atoms with E-state index >= 15 is 0 Å². The van der Waals surface area contributed by atoms with E-state index in [9.17, 15) is 48.3 Å². The molecule has 5 aliphatic rings. The van der Waals surface area contributed by atoms with Gasteiger partial charge in [-0.3, -0.25) is 48.2 Å². The Morgan fingerprint density at radius 1 is 0.770 bits per heavy atom. The van der Waals surface area contributed by atoms with Gasteiger partial charge in [-0.1, -0.05) is 26.0 Å². The van der Waals surface area contributed by atoms with Crippen molar-refractivity contribution in [1.82, 2.24) is 30.7 Å². The summed E-state index contributed by atoms with van der Waals surface area (Å²) in [4.78, 5) is 128. The maximum absolute atomic E-state index is 14.2. The van der Waals surface area contributed by atoms with E-state index < -0.39 is 76.9 Å². The Hall–Kier alpha value is -8.58. The highest BCUT2D eigenvalue weighted by atomic mass is 16.6. The minimum Gasteiger partial charge on any atom is -0.493 e. The molecule has 3 aromatic rings. The van der Waals surface area contributed by atoms with Crippen LogP contribution >= 0.6 is 0 Å².